The average Bonchev–Trinajstić information content (AvgIpc) is 2.40. The number of rotatable bonds is 4. The Kier molecular flexibility index (Phi) is 5.63. The molecule has 2 aliphatic carbocycles. The molecule has 0 nitrogen and oxygen atoms in total. The highest BCUT2D eigenvalue weighted by Gasteiger charge is 2.42. The van der Waals surface area contributed by atoms with E-state index in [0.29, 0.717) is 0 Å². The predicted octanol–water partition coefficient (Wildman–Crippen LogP) is 6.42. The van der Waals surface area contributed by atoms with Crippen molar-refractivity contribution in [1.29, 1.82) is 0 Å². The maximum absolute atomic E-state index is 2.63. The Morgan fingerprint density at radius 3 is 1.42 bits per heavy atom. The fourth-order valence-corrected chi connectivity index (χ4v) is 6.52. The summed E-state index contributed by atoms with van der Waals surface area (Å²) in [6.45, 7) is 11.5. The topological polar surface area (TPSA) is 0 Å². The smallest absolute Gasteiger partial charge is 0.0714 e. The van der Waals surface area contributed by atoms with Crippen LogP contribution < -0.4 is 0 Å². The van der Waals surface area contributed by atoms with Crippen molar-refractivity contribution >= 4 is 14.8 Å². The third kappa shape index (κ3) is 4.12. The minimum absolute atomic E-state index is 0.992. The lowest BCUT2D eigenvalue weighted by molar-refractivity contribution is 0.459. The van der Waals surface area contributed by atoms with Gasteiger partial charge in [0, 0.05) is 8.07 Å². The Bertz CT molecular complexity index is 241. The highest BCUT2D eigenvalue weighted by atomic mass is 28.3. The molecule has 0 radical (unpaired) electrons. The Hall–Kier alpha value is 0.282. The van der Waals surface area contributed by atoms with E-state index in [0.717, 1.165) is 23.8 Å². The van der Waals surface area contributed by atoms with Gasteiger partial charge in [0.15, 0.2) is 0 Å². The van der Waals surface area contributed by atoms with Crippen LogP contribution in [0, 0.1) is 0 Å². The van der Waals surface area contributed by atoms with Crippen LogP contribution in [-0.4, -0.2) is 14.8 Å². The fourth-order valence-electron chi connectivity index (χ4n) is 4.82. The van der Waals surface area contributed by atoms with Crippen LogP contribution in [-0.2, 0) is 0 Å². The summed E-state index contributed by atoms with van der Waals surface area (Å²) < 4.78 is 0. The molecule has 0 heterocycles. The van der Waals surface area contributed by atoms with Gasteiger partial charge in [-0.3, -0.25) is 0 Å². The summed E-state index contributed by atoms with van der Waals surface area (Å²) in [5.74, 6) is 2.16. The standard InChI is InChI=1S/C17H35BSi/c1-15(19(2,3)4)18(16-11-7-5-8-12-16)17-13-9-6-10-14-17/h15-17H,5-14H2,1-4H3. The van der Waals surface area contributed by atoms with Gasteiger partial charge in [0.25, 0.3) is 0 Å². The van der Waals surface area contributed by atoms with E-state index in [2.05, 4.69) is 26.6 Å². The van der Waals surface area contributed by atoms with E-state index in [9.17, 15) is 0 Å². The quantitative estimate of drug-likeness (QED) is 0.521. The van der Waals surface area contributed by atoms with Crippen molar-refractivity contribution in [3.63, 3.8) is 0 Å². The van der Waals surface area contributed by atoms with Gasteiger partial charge in [-0.1, -0.05) is 108 Å². The molecule has 1 unspecified atom stereocenters. The van der Waals surface area contributed by atoms with Crippen LogP contribution in [0.2, 0.25) is 36.7 Å². The SMILES string of the molecule is CC(B(C1CCCCC1)C1CCCCC1)[Si](C)(C)C. The molecule has 2 saturated carbocycles. The third-order valence-corrected chi connectivity index (χ3v) is 9.45. The van der Waals surface area contributed by atoms with Crippen molar-refractivity contribution in [1.82, 2.24) is 0 Å². The molecule has 0 aliphatic heterocycles. The summed E-state index contributed by atoms with van der Waals surface area (Å²) in [4.78, 5) is 0. The Balaban J connectivity index is 2.11. The highest BCUT2D eigenvalue weighted by Crippen LogP contribution is 2.47. The molecule has 2 fully saturated rings. The van der Waals surface area contributed by atoms with Gasteiger partial charge in [-0.15, -0.1) is 0 Å². The average molecular weight is 278 g/mol. The van der Waals surface area contributed by atoms with Crippen molar-refractivity contribution in [3.05, 3.63) is 0 Å². The van der Waals surface area contributed by atoms with E-state index in [1.807, 2.05) is 0 Å². The number of hydrogen-bond donors (Lipinski definition) is 0. The zero-order valence-corrected chi connectivity index (χ0v) is 14.9. The molecule has 1 atom stereocenters. The molecule has 0 aromatic carbocycles. The van der Waals surface area contributed by atoms with E-state index in [1.54, 1.807) is 25.7 Å². The van der Waals surface area contributed by atoms with E-state index < -0.39 is 8.07 Å². The first kappa shape index (κ1) is 15.7. The second-order valence-corrected chi connectivity index (χ2v) is 14.2. The first-order valence-corrected chi connectivity index (χ1v) is 12.6. The van der Waals surface area contributed by atoms with Crippen molar-refractivity contribution < 1.29 is 0 Å². The summed E-state index contributed by atoms with van der Waals surface area (Å²) in [5, 5.41) is 0. The first-order valence-electron chi connectivity index (χ1n) is 9.00. The van der Waals surface area contributed by atoms with Crippen LogP contribution >= 0.6 is 0 Å². The van der Waals surface area contributed by atoms with E-state index in [4.69, 9.17) is 0 Å². The largest absolute Gasteiger partial charge is 0.146 e. The van der Waals surface area contributed by atoms with Crippen LogP contribution in [0.5, 0.6) is 0 Å². The van der Waals surface area contributed by atoms with Gasteiger partial charge < -0.3 is 0 Å². The second-order valence-electron chi connectivity index (χ2n) is 8.53. The van der Waals surface area contributed by atoms with E-state index in [1.165, 1.54) is 38.5 Å². The molecule has 110 valence electrons. The molecular weight excluding hydrogens is 243 g/mol. The monoisotopic (exact) mass is 278 g/mol. The molecule has 0 aromatic heterocycles. The lowest BCUT2D eigenvalue weighted by Crippen LogP contribution is -2.43. The van der Waals surface area contributed by atoms with Crippen molar-refractivity contribution in [3.8, 4) is 0 Å². The molecular formula is C17H35BSi. The summed E-state index contributed by atoms with van der Waals surface area (Å²) in [6, 6.07) is 0. The van der Waals surface area contributed by atoms with Crippen molar-refractivity contribution in [2.75, 3.05) is 0 Å². The van der Waals surface area contributed by atoms with Crippen LogP contribution in [0.3, 0.4) is 0 Å². The molecule has 0 spiro atoms. The van der Waals surface area contributed by atoms with Crippen molar-refractivity contribution in [2.24, 2.45) is 0 Å². The van der Waals surface area contributed by atoms with E-state index >= 15 is 0 Å². The van der Waals surface area contributed by atoms with Crippen LogP contribution in [0.4, 0.5) is 0 Å². The molecule has 2 rings (SSSR count). The molecule has 0 amide bonds. The molecule has 19 heavy (non-hydrogen) atoms. The molecule has 0 N–H and O–H groups in total. The van der Waals surface area contributed by atoms with Gasteiger partial charge in [0.05, 0.1) is 0 Å². The van der Waals surface area contributed by atoms with Gasteiger partial charge in [-0.25, -0.2) is 0 Å². The van der Waals surface area contributed by atoms with Gasteiger partial charge in [0.2, 0.25) is 0 Å². The Labute approximate surface area is 123 Å². The summed E-state index contributed by atoms with van der Waals surface area (Å²) >= 11 is 0. The lowest BCUT2D eigenvalue weighted by atomic mass is 9.29. The predicted molar refractivity (Wildman–Crippen MR) is 92.2 cm³/mol. The second kappa shape index (κ2) is 6.83. The Morgan fingerprint density at radius 2 is 1.11 bits per heavy atom. The third-order valence-electron chi connectivity index (χ3n) is 6.33. The van der Waals surface area contributed by atoms with E-state index in [-0.39, 0.29) is 0 Å². The summed E-state index contributed by atoms with van der Waals surface area (Å²) in [5.41, 5.74) is 1.03. The molecule has 2 heteroatoms. The minimum Gasteiger partial charge on any atom is -0.0714 e. The molecule has 0 bridgehead atoms. The van der Waals surface area contributed by atoms with Crippen molar-refractivity contribution in [2.45, 2.75) is 108 Å². The van der Waals surface area contributed by atoms with Gasteiger partial charge in [-0.2, -0.15) is 0 Å². The van der Waals surface area contributed by atoms with Gasteiger partial charge >= 0.3 is 0 Å². The zero-order valence-electron chi connectivity index (χ0n) is 13.9. The van der Waals surface area contributed by atoms with Crippen LogP contribution in [0.15, 0.2) is 0 Å². The zero-order chi connectivity index (χ0) is 13.9. The number of hydrogen-bond acceptors (Lipinski definition) is 0. The summed E-state index contributed by atoms with van der Waals surface area (Å²) in [6.07, 6.45) is 15.3. The van der Waals surface area contributed by atoms with Crippen LogP contribution in [0.1, 0.15) is 71.1 Å². The summed E-state index contributed by atoms with van der Waals surface area (Å²) in [7, 11) is -0.992. The highest BCUT2D eigenvalue weighted by molar-refractivity contribution is 6.90. The van der Waals surface area contributed by atoms with Gasteiger partial charge in [-0.05, 0) is 0 Å². The maximum Gasteiger partial charge on any atom is 0.146 e. The van der Waals surface area contributed by atoms with Crippen LogP contribution in [0.25, 0.3) is 0 Å². The maximum atomic E-state index is 2.63. The fraction of sp³-hybridized carbons (Fsp3) is 1.00. The molecule has 0 saturated heterocycles. The molecule has 2 aliphatic rings. The normalized spacial score (nSPS) is 25.3. The van der Waals surface area contributed by atoms with Gasteiger partial charge in [0.1, 0.15) is 6.71 Å². The Morgan fingerprint density at radius 1 is 0.737 bits per heavy atom. The first-order chi connectivity index (χ1) is 9.00. The lowest BCUT2D eigenvalue weighted by Gasteiger charge is -2.43. The molecule has 0 aromatic rings. The minimum atomic E-state index is -0.992.